The van der Waals surface area contributed by atoms with Crippen molar-refractivity contribution in [2.45, 2.75) is 45.4 Å². The maximum absolute atomic E-state index is 10.5. The maximum atomic E-state index is 10.5. The first-order valence-electron chi connectivity index (χ1n) is 8.39. The molecule has 1 nitrogen and oxygen atoms in total. The predicted molar refractivity (Wildman–Crippen MR) is 98.8 cm³/mol. The van der Waals surface area contributed by atoms with Crippen molar-refractivity contribution in [2.75, 3.05) is 0 Å². The fourth-order valence-corrected chi connectivity index (χ4v) is 2.61. The van der Waals surface area contributed by atoms with Gasteiger partial charge in [0.1, 0.15) is 6.29 Å². The Hall–Kier alpha value is -2.15. The van der Waals surface area contributed by atoms with E-state index in [4.69, 9.17) is 0 Å². The quantitative estimate of drug-likeness (QED) is 0.594. The second-order valence-electron chi connectivity index (χ2n) is 6.47. The highest BCUT2D eigenvalue weighted by Crippen LogP contribution is 2.21. The van der Waals surface area contributed by atoms with Crippen molar-refractivity contribution in [1.29, 1.82) is 0 Å². The van der Waals surface area contributed by atoms with Crippen LogP contribution < -0.4 is 0 Å². The second kappa shape index (κ2) is 8.47. The number of rotatable bonds is 7. The van der Waals surface area contributed by atoms with E-state index in [0.717, 1.165) is 18.3 Å². The molecule has 1 unspecified atom stereocenters. The number of hydrogen-bond acceptors (Lipinski definition) is 1. The molecule has 0 N–H and O–H groups in total. The van der Waals surface area contributed by atoms with Crippen LogP contribution in [0.3, 0.4) is 0 Å². The van der Waals surface area contributed by atoms with Gasteiger partial charge in [-0.3, -0.25) is 0 Å². The molecule has 0 spiro atoms. The first kappa shape index (κ1) is 17.2. The van der Waals surface area contributed by atoms with Gasteiger partial charge in [0, 0.05) is 6.42 Å². The van der Waals surface area contributed by atoms with E-state index in [1.54, 1.807) is 0 Å². The topological polar surface area (TPSA) is 17.1 Å². The molecule has 23 heavy (non-hydrogen) atoms. The summed E-state index contributed by atoms with van der Waals surface area (Å²) in [4.78, 5) is 10.5. The number of carbonyl (C=O) groups is 1. The van der Waals surface area contributed by atoms with Crippen LogP contribution >= 0.6 is 0 Å². The monoisotopic (exact) mass is 306 g/mol. The minimum absolute atomic E-state index is 0.478. The Morgan fingerprint density at radius 3 is 2.04 bits per heavy atom. The van der Waals surface area contributed by atoms with E-state index in [-0.39, 0.29) is 0 Å². The Bertz CT molecular complexity index is 633. The van der Waals surface area contributed by atoms with Crippen LogP contribution in [0.4, 0.5) is 0 Å². The van der Waals surface area contributed by atoms with Crippen molar-refractivity contribution >= 4 is 12.4 Å². The lowest BCUT2D eigenvalue weighted by Gasteiger charge is -2.10. The Morgan fingerprint density at radius 2 is 1.48 bits per heavy atom. The Kier molecular flexibility index (Phi) is 6.34. The van der Waals surface area contributed by atoms with Crippen LogP contribution in [-0.4, -0.2) is 6.29 Å². The lowest BCUT2D eigenvalue weighted by atomic mass is 9.95. The smallest absolute Gasteiger partial charge is 0.124 e. The van der Waals surface area contributed by atoms with Gasteiger partial charge < -0.3 is 4.79 Å². The van der Waals surface area contributed by atoms with Crippen LogP contribution in [-0.2, 0) is 11.2 Å². The van der Waals surface area contributed by atoms with Crippen molar-refractivity contribution in [3.05, 3.63) is 76.9 Å². The molecule has 0 amide bonds. The summed E-state index contributed by atoms with van der Waals surface area (Å²) in [6, 6.07) is 17.2. The molecule has 0 aromatic heterocycles. The van der Waals surface area contributed by atoms with E-state index in [9.17, 15) is 4.79 Å². The minimum atomic E-state index is 0.478. The Balaban J connectivity index is 1.92. The fourth-order valence-electron chi connectivity index (χ4n) is 2.61. The lowest BCUT2D eigenvalue weighted by Crippen LogP contribution is -1.93. The summed E-state index contributed by atoms with van der Waals surface area (Å²) in [6.07, 6.45) is 6.90. The molecule has 0 saturated carbocycles. The van der Waals surface area contributed by atoms with Crippen LogP contribution in [0.15, 0.2) is 54.6 Å². The summed E-state index contributed by atoms with van der Waals surface area (Å²) in [5.41, 5.74) is 5.03. The van der Waals surface area contributed by atoms with E-state index in [0.29, 0.717) is 18.3 Å². The third kappa shape index (κ3) is 5.21. The highest BCUT2D eigenvalue weighted by Gasteiger charge is 2.03. The first-order valence-corrected chi connectivity index (χ1v) is 8.39. The molecule has 1 heteroatoms. The normalized spacial score (nSPS) is 12.7. The van der Waals surface area contributed by atoms with Crippen molar-refractivity contribution < 1.29 is 4.79 Å². The van der Waals surface area contributed by atoms with Gasteiger partial charge in [0.25, 0.3) is 0 Å². The van der Waals surface area contributed by atoms with Gasteiger partial charge in [0.2, 0.25) is 0 Å². The molecule has 0 aliphatic heterocycles. The lowest BCUT2D eigenvalue weighted by molar-refractivity contribution is -0.107. The van der Waals surface area contributed by atoms with E-state index in [1.807, 2.05) is 0 Å². The van der Waals surface area contributed by atoms with Crippen LogP contribution in [0.1, 0.15) is 61.3 Å². The second-order valence-corrected chi connectivity index (χ2v) is 6.47. The highest BCUT2D eigenvalue weighted by molar-refractivity contribution is 5.55. The average Bonchev–Trinajstić information content (AvgIpc) is 2.56. The molecule has 1 atom stereocenters. The number of carbonyl (C=O) groups excluding carboxylic acids is 1. The molecule has 0 fully saturated rings. The predicted octanol–water partition coefficient (Wildman–Crippen LogP) is 5.76. The summed E-state index contributed by atoms with van der Waals surface area (Å²) in [5, 5.41) is 0. The first-order chi connectivity index (χ1) is 11.1. The van der Waals surface area contributed by atoms with Gasteiger partial charge in [-0.25, -0.2) is 0 Å². The van der Waals surface area contributed by atoms with E-state index < -0.39 is 0 Å². The van der Waals surface area contributed by atoms with E-state index in [1.165, 1.54) is 16.7 Å². The largest absolute Gasteiger partial charge is 0.303 e. The zero-order valence-corrected chi connectivity index (χ0v) is 14.3. The molecule has 120 valence electrons. The van der Waals surface area contributed by atoms with Crippen LogP contribution in [0, 0.1) is 0 Å². The third-order valence-electron chi connectivity index (χ3n) is 4.27. The van der Waals surface area contributed by atoms with Gasteiger partial charge in [-0.2, -0.15) is 0 Å². The molecule has 0 saturated heterocycles. The summed E-state index contributed by atoms with van der Waals surface area (Å²) >= 11 is 0. The Morgan fingerprint density at radius 1 is 0.870 bits per heavy atom. The molecule has 2 aromatic rings. The molecular formula is C22H26O. The zero-order chi connectivity index (χ0) is 16.7. The summed E-state index contributed by atoms with van der Waals surface area (Å²) < 4.78 is 0. The average molecular weight is 306 g/mol. The molecule has 0 heterocycles. The molecule has 2 rings (SSSR count). The van der Waals surface area contributed by atoms with Crippen molar-refractivity contribution in [3.63, 3.8) is 0 Å². The zero-order valence-electron chi connectivity index (χ0n) is 14.3. The molecule has 0 radical (unpaired) electrons. The summed E-state index contributed by atoms with van der Waals surface area (Å²) in [5.74, 6) is 1.06. The van der Waals surface area contributed by atoms with Gasteiger partial charge in [0.15, 0.2) is 0 Å². The summed E-state index contributed by atoms with van der Waals surface area (Å²) in [7, 11) is 0. The van der Waals surface area contributed by atoms with Crippen LogP contribution in [0.25, 0.3) is 6.08 Å². The van der Waals surface area contributed by atoms with Crippen LogP contribution in [0.2, 0.25) is 0 Å². The maximum Gasteiger partial charge on any atom is 0.124 e. The number of benzene rings is 2. The summed E-state index contributed by atoms with van der Waals surface area (Å²) in [6.45, 7) is 6.67. The third-order valence-corrected chi connectivity index (χ3v) is 4.27. The van der Waals surface area contributed by atoms with E-state index >= 15 is 0 Å². The molecule has 0 bridgehead atoms. The van der Waals surface area contributed by atoms with Crippen molar-refractivity contribution in [3.8, 4) is 0 Å². The van der Waals surface area contributed by atoms with Gasteiger partial charge in [0.05, 0.1) is 0 Å². The van der Waals surface area contributed by atoms with Gasteiger partial charge >= 0.3 is 0 Å². The van der Waals surface area contributed by atoms with Crippen molar-refractivity contribution in [2.24, 2.45) is 0 Å². The Labute approximate surface area is 140 Å². The molecular weight excluding hydrogens is 280 g/mol. The minimum Gasteiger partial charge on any atom is -0.303 e. The number of hydrogen-bond donors (Lipinski definition) is 0. The van der Waals surface area contributed by atoms with Crippen LogP contribution in [0.5, 0.6) is 0 Å². The number of allylic oxidation sites excluding steroid dienone is 1. The standard InChI is InChI=1S/C22H26O/c1-17(2)21-11-7-19(8-12-21)6-4-5-18(3)22-13-9-20(10-14-22)15-16-23/h4,6-14,16-18H,5,15H2,1-3H3/b6-4+. The number of aldehydes is 1. The highest BCUT2D eigenvalue weighted by atomic mass is 16.1. The van der Waals surface area contributed by atoms with E-state index in [2.05, 4.69) is 81.5 Å². The van der Waals surface area contributed by atoms with Gasteiger partial charge in [-0.1, -0.05) is 81.5 Å². The van der Waals surface area contributed by atoms with Gasteiger partial charge in [-0.15, -0.1) is 0 Å². The fraction of sp³-hybridized carbons (Fsp3) is 0.318. The SMILES string of the molecule is CC(C)c1ccc(/C=C/CC(C)c2ccc(CC=O)cc2)cc1. The molecule has 2 aromatic carbocycles. The van der Waals surface area contributed by atoms with Crippen molar-refractivity contribution in [1.82, 2.24) is 0 Å². The molecule has 0 aliphatic rings. The van der Waals surface area contributed by atoms with Gasteiger partial charge in [-0.05, 0) is 40.5 Å². The molecule has 0 aliphatic carbocycles.